The largest absolute Gasteiger partial charge is 0.359 e. The molecule has 6 nitrogen and oxygen atoms in total. The molecule has 1 unspecified atom stereocenters. The van der Waals surface area contributed by atoms with E-state index in [9.17, 15) is 9.59 Å². The third kappa shape index (κ3) is 3.06. The molecule has 2 heterocycles. The topological polar surface area (TPSA) is 64.7 Å². The van der Waals surface area contributed by atoms with Crippen molar-refractivity contribution in [1.29, 1.82) is 0 Å². The molecule has 0 aromatic rings. The van der Waals surface area contributed by atoms with Gasteiger partial charge in [-0.25, -0.2) is 0 Å². The zero-order chi connectivity index (χ0) is 15.7. The van der Waals surface area contributed by atoms with Crippen molar-refractivity contribution >= 4 is 11.8 Å². The van der Waals surface area contributed by atoms with Gasteiger partial charge >= 0.3 is 0 Å². The molecule has 6 heteroatoms. The van der Waals surface area contributed by atoms with Crippen LogP contribution in [0.2, 0.25) is 0 Å². The van der Waals surface area contributed by atoms with Crippen molar-refractivity contribution in [3.63, 3.8) is 0 Å². The second-order valence-corrected chi connectivity index (χ2v) is 6.91. The Kier molecular flexibility index (Phi) is 4.58. The highest BCUT2D eigenvalue weighted by Crippen LogP contribution is 2.32. The van der Waals surface area contributed by atoms with Crippen molar-refractivity contribution in [2.24, 2.45) is 5.41 Å². The molecule has 2 aliphatic heterocycles. The first-order chi connectivity index (χ1) is 9.81. The van der Waals surface area contributed by atoms with Gasteiger partial charge in [-0.3, -0.25) is 14.5 Å². The van der Waals surface area contributed by atoms with E-state index in [1.165, 1.54) is 0 Å². The van der Waals surface area contributed by atoms with Gasteiger partial charge in [0.2, 0.25) is 11.8 Å². The van der Waals surface area contributed by atoms with Crippen LogP contribution in [0.25, 0.3) is 0 Å². The molecular formula is C15H28N4O2. The van der Waals surface area contributed by atoms with Crippen LogP contribution in [-0.2, 0) is 9.59 Å². The second-order valence-electron chi connectivity index (χ2n) is 6.91. The third-order valence-electron chi connectivity index (χ3n) is 4.97. The van der Waals surface area contributed by atoms with E-state index in [0.29, 0.717) is 13.1 Å². The van der Waals surface area contributed by atoms with Crippen LogP contribution in [0.15, 0.2) is 0 Å². The van der Waals surface area contributed by atoms with Gasteiger partial charge in [0.25, 0.3) is 0 Å². The van der Waals surface area contributed by atoms with E-state index in [2.05, 4.69) is 15.5 Å². The molecule has 0 bridgehead atoms. The minimum Gasteiger partial charge on any atom is -0.359 e. The Morgan fingerprint density at radius 2 is 1.81 bits per heavy atom. The zero-order valence-corrected chi connectivity index (χ0v) is 13.7. The average molecular weight is 296 g/mol. The van der Waals surface area contributed by atoms with Crippen LogP contribution in [-0.4, -0.2) is 73.5 Å². The number of carbonyl (C=O) groups is 2. The fourth-order valence-electron chi connectivity index (χ4n) is 3.37. The molecule has 0 spiro atoms. The summed E-state index contributed by atoms with van der Waals surface area (Å²) in [5.41, 5.74) is -0.958. The summed E-state index contributed by atoms with van der Waals surface area (Å²) < 4.78 is 0. The fourth-order valence-corrected chi connectivity index (χ4v) is 3.37. The zero-order valence-electron chi connectivity index (χ0n) is 13.7. The van der Waals surface area contributed by atoms with Crippen molar-refractivity contribution in [3.05, 3.63) is 0 Å². The highest BCUT2D eigenvalue weighted by molar-refractivity contribution is 5.88. The smallest absolute Gasteiger partial charge is 0.242 e. The van der Waals surface area contributed by atoms with Crippen LogP contribution < -0.4 is 10.6 Å². The molecule has 2 aliphatic rings. The first-order valence-electron chi connectivity index (χ1n) is 7.78. The summed E-state index contributed by atoms with van der Waals surface area (Å²) in [5, 5.41) is 6.02. The number of hydrogen-bond donors (Lipinski definition) is 2. The van der Waals surface area contributed by atoms with Gasteiger partial charge in [0.1, 0.15) is 0 Å². The Bertz CT molecular complexity index is 418. The van der Waals surface area contributed by atoms with Crippen LogP contribution in [0.3, 0.4) is 0 Å². The van der Waals surface area contributed by atoms with E-state index in [1.54, 1.807) is 7.05 Å². The molecule has 2 rings (SSSR count). The molecule has 0 aromatic heterocycles. The number of likely N-dealkylation sites (tertiary alicyclic amines) is 1. The van der Waals surface area contributed by atoms with Gasteiger partial charge < -0.3 is 15.5 Å². The predicted molar refractivity (Wildman–Crippen MR) is 81.9 cm³/mol. The summed E-state index contributed by atoms with van der Waals surface area (Å²) in [6.07, 6.45) is 0.732. The molecule has 0 saturated carbocycles. The summed E-state index contributed by atoms with van der Waals surface area (Å²) in [7, 11) is 1.66. The number of amides is 2. The van der Waals surface area contributed by atoms with E-state index in [4.69, 9.17) is 0 Å². The first-order valence-corrected chi connectivity index (χ1v) is 7.78. The molecule has 0 radical (unpaired) electrons. The molecule has 0 aromatic carbocycles. The average Bonchev–Trinajstić information content (AvgIpc) is 2.90. The van der Waals surface area contributed by atoms with E-state index >= 15 is 0 Å². The molecular weight excluding hydrogens is 268 g/mol. The maximum absolute atomic E-state index is 12.9. The molecule has 2 fully saturated rings. The molecule has 1 atom stereocenters. The maximum atomic E-state index is 12.9. The highest BCUT2D eigenvalue weighted by Gasteiger charge is 2.46. The van der Waals surface area contributed by atoms with Gasteiger partial charge in [0.15, 0.2) is 0 Å². The fraction of sp³-hybridized carbons (Fsp3) is 0.867. The summed E-state index contributed by atoms with van der Waals surface area (Å²) in [6.45, 7) is 10.7. The van der Waals surface area contributed by atoms with Gasteiger partial charge in [0, 0.05) is 46.3 Å². The van der Waals surface area contributed by atoms with Crippen LogP contribution in [0.5, 0.6) is 0 Å². The minimum atomic E-state index is -0.504. The summed E-state index contributed by atoms with van der Waals surface area (Å²) in [6, 6.07) is 0. The lowest BCUT2D eigenvalue weighted by Gasteiger charge is -2.42. The second kappa shape index (κ2) is 5.93. The Morgan fingerprint density at radius 3 is 2.38 bits per heavy atom. The minimum absolute atomic E-state index is 0.0257. The van der Waals surface area contributed by atoms with E-state index in [1.807, 2.05) is 25.7 Å². The standard InChI is InChI=1S/C15H28N4O2/c1-14(2,19-9-6-17-7-10-19)13(21)18-8-5-15(3,11-18)12(20)16-4/h17H,5-11H2,1-4H3,(H,16,20). The van der Waals surface area contributed by atoms with Crippen molar-refractivity contribution < 1.29 is 9.59 Å². The Labute approximate surface area is 127 Å². The molecule has 21 heavy (non-hydrogen) atoms. The van der Waals surface area contributed by atoms with Crippen LogP contribution in [0, 0.1) is 5.41 Å². The molecule has 0 aliphatic carbocycles. The van der Waals surface area contributed by atoms with Gasteiger partial charge in [0.05, 0.1) is 11.0 Å². The molecule has 2 N–H and O–H groups in total. The first kappa shape index (κ1) is 16.2. The number of nitrogens with zero attached hydrogens (tertiary/aromatic N) is 2. The Balaban J connectivity index is 2.05. The lowest BCUT2D eigenvalue weighted by Crippen LogP contribution is -2.60. The van der Waals surface area contributed by atoms with E-state index in [-0.39, 0.29) is 11.8 Å². The SMILES string of the molecule is CNC(=O)C1(C)CCN(C(=O)C(C)(C)N2CCNCC2)C1. The van der Waals surface area contributed by atoms with Crippen LogP contribution >= 0.6 is 0 Å². The molecule has 2 saturated heterocycles. The summed E-state index contributed by atoms with van der Waals surface area (Å²) in [4.78, 5) is 29.0. The predicted octanol–water partition coefficient (Wildman–Crippen LogP) is -0.345. The Hall–Kier alpha value is -1.14. The van der Waals surface area contributed by atoms with Gasteiger partial charge in [-0.05, 0) is 27.2 Å². The molecule has 2 amide bonds. The number of rotatable bonds is 3. The summed E-state index contributed by atoms with van der Waals surface area (Å²) >= 11 is 0. The number of nitrogens with one attached hydrogen (secondary N) is 2. The lowest BCUT2D eigenvalue weighted by atomic mass is 9.89. The Morgan fingerprint density at radius 1 is 1.19 bits per heavy atom. The van der Waals surface area contributed by atoms with Crippen molar-refractivity contribution in [1.82, 2.24) is 20.4 Å². The van der Waals surface area contributed by atoms with Crippen molar-refractivity contribution in [3.8, 4) is 0 Å². The highest BCUT2D eigenvalue weighted by atomic mass is 16.2. The van der Waals surface area contributed by atoms with Crippen LogP contribution in [0.4, 0.5) is 0 Å². The number of piperazine rings is 1. The van der Waals surface area contributed by atoms with Gasteiger partial charge in [-0.1, -0.05) is 0 Å². The normalized spacial score (nSPS) is 27.7. The van der Waals surface area contributed by atoms with Gasteiger partial charge in [-0.15, -0.1) is 0 Å². The lowest BCUT2D eigenvalue weighted by molar-refractivity contribution is -0.143. The van der Waals surface area contributed by atoms with E-state index < -0.39 is 11.0 Å². The van der Waals surface area contributed by atoms with Crippen LogP contribution in [0.1, 0.15) is 27.2 Å². The maximum Gasteiger partial charge on any atom is 0.242 e. The number of carbonyl (C=O) groups excluding carboxylic acids is 2. The van der Waals surface area contributed by atoms with Gasteiger partial charge in [-0.2, -0.15) is 0 Å². The number of hydrogen-bond acceptors (Lipinski definition) is 4. The summed E-state index contributed by atoms with van der Waals surface area (Å²) in [5.74, 6) is 0.162. The van der Waals surface area contributed by atoms with Crippen molar-refractivity contribution in [2.45, 2.75) is 32.7 Å². The molecule has 120 valence electrons. The monoisotopic (exact) mass is 296 g/mol. The third-order valence-corrected chi connectivity index (χ3v) is 4.97. The van der Waals surface area contributed by atoms with E-state index in [0.717, 1.165) is 32.6 Å². The van der Waals surface area contributed by atoms with Crippen molar-refractivity contribution in [2.75, 3.05) is 46.3 Å². The quantitative estimate of drug-likeness (QED) is 0.747.